The number of nitrogens with zero attached hydrogens (tertiary/aromatic N) is 3. The van der Waals surface area contributed by atoms with Gasteiger partial charge in [0, 0.05) is 18.3 Å². The molecule has 7 heteroatoms. The topological polar surface area (TPSA) is 94.4 Å². The van der Waals surface area contributed by atoms with E-state index in [1.807, 2.05) is 6.92 Å². The molecule has 0 aliphatic rings. The second-order valence-electron chi connectivity index (χ2n) is 6.28. The maximum atomic E-state index is 12.2. The number of hydrogen-bond acceptors (Lipinski definition) is 4. The molecular formula is C15H23N5O2. The molecule has 0 fully saturated rings. The summed E-state index contributed by atoms with van der Waals surface area (Å²) in [4.78, 5) is 24.4. The maximum absolute atomic E-state index is 12.2. The Morgan fingerprint density at radius 2 is 2.18 bits per heavy atom. The van der Waals surface area contributed by atoms with Gasteiger partial charge in [-0.15, -0.1) is 5.10 Å². The monoisotopic (exact) mass is 305 g/mol. The van der Waals surface area contributed by atoms with Crippen molar-refractivity contribution < 1.29 is 4.79 Å². The van der Waals surface area contributed by atoms with Gasteiger partial charge in [-0.25, -0.2) is 9.48 Å². The molecule has 22 heavy (non-hydrogen) atoms. The Bertz CT molecular complexity index is 718. The first-order valence-electron chi connectivity index (χ1n) is 7.40. The van der Waals surface area contributed by atoms with Gasteiger partial charge in [0.1, 0.15) is 6.54 Å². The Hall–Kier alpha value is -2.15. The molecule has 1 unspecified atom stereocenters. The first kappa shape index (κ1) is 16.2. The van der Waals surface area contributed by atoms with E-state index in [9.17, 15) is 9.59 Å². The van der Waals surface area contributed by atoms with Crippen LogP contribution in [0, 0.1) is 5.92 Å². The largest absolute Gasteiger partial charge is 0.350 e. The van der Waals surface area contributed by atoms with E-state index >= 15 is 0 Å². The van der Waals surface area contributed by atoms with Crippen LogP contribution in [0.2, 0.25) is 0 Å². The third-order valence-corrected chi connectivity index (χ3v) is 3.53. The van der Waals surface area contributed by atoms with Crippen LogP contribution >= 0.6 is 0 Å². The summed E-state index contributed by atoms with van der Waals surface area (Å²) in [7, 11) is 0. The van der Waals surface area contributed by atoms with Crippen molar-refractivity contribution in [1.82, 2.24) is 19.5 Å². The highest BCUT2D eigenvalue weighted by molar-refractivity contribution is 5.76. The van der Waals surface area contributed by atoms with E-state index in [1.54, 1.807) is 24.4 Å². The Morgan fingerprint density at radius 1 is 1.45 bits per heavy atom. The zero-order valence-electron chi connectivity index (χ0n) is 13.2. The van der Waals surface area contributed by atoms with Gasteiger partial charge in [-0.3, -0.25) is 9.20 Å². The minimum Gasteiger partial charge on any atom is -0.348 e. The van der Waals surface area contributed by atoms with Crippen LogP contribution in [-0.4, -0.2) is 32.2 Å². The standard InChI is InChI=1S/C15H23N5O2/c1-11(2)8-15(3,10-16)17-13(21)9-20-14(22)19-7-5-4-6-12(19)18-20/h4-7,11H,8-10,16H2,1-3H3,(H,17,21). The van der Waals surface area contributed by atoms with E-state index in [-0.39, 0.29) is 18.1 Å². The second kappa shape index (κ2) is 6.31. The van der Waals surface area contributed by atoms with Gasteiger partial charge >= 0.3 is 5.69 Å². The van der Waals surface area contributed by atoms with Gasteiger partial charge in [0.05, 0.1) is 0 Å². The Balaban J connectivity index is 2.14. The van der Waals surface area contributed by atoms with E-state index in [0.717, 1.165) is 11.1 Å². The van der Waals surface area contributed by atoms with Gasteiger partial charge < -0.3 is 11.1 Å². The van der Waals surface area contributed by atoms with Crippen LogP contribution in [0.1, 0.15) is 27.2 Å². The molecule has 0 saturated carbocycles. The summed E-state index contributed by atoms with van der Waals surface area (Å²) in [5.41, 5.74) is 5.50. The smallest absolute Gasteiger partial charge is 0.348 e. The number of fused-ring (bicyclic) bond motifs is 1. The highest BCUT2D eigenvalue weighted by Crippen LogP contribution is 2.15. The highest BCUT2D eigenvalue weighted by Gasteiger charge is 2.26. The first-order chi connectivity index (χ1) is 10.3. The molecule has 2 aromatic heterocycles. The molecule has 0 spiro atoms. The third-order valence-electron chi connectivity index (χ3n) is 3.53. The van der Waals surface area contributed by atoms with Crippen LogP contribution in [0.3, 0.4) is 0 Å². The molecule has 120 valence electrons. The molecule has 0 aromatic carbocycles. The number of amides is 1. The number of aromatic nitrogens is 3. The molecular weight excluding hydrogens is 282 g/mol. The van der Waals surface area contributed by atoms with E-state index in [0.29, 0.717) is 18.1 Å². The normalized spacial score (nSPS) is 14.2. The average Bonchev–Trinajstić information content (AvgIpc) is 2.75. The van der Waals surface area contributed by atoms with Crippen LogP contribution in [0.4, 0.5) is 0 Å². The van der Waals surface area contributed by atoms with Crippen LogP contribution in [-0.2, 0) is 11.3 Å². The molecule has 3 N–H and O–H groups in total. The maximum Gasteiger partial charge on any atom is 0.350 e. The van der Waals surface area contributed by atoms with Gasteiger partial charge in [0.2, 0.25) is 5.91 Å². The van der Waals surface area contributed by atoms with Gasteiger partial charge in [0.15, 0.2) is 5.65 Å². The molecule has 0 aliphatic heterocycles. The number of hydrogen-bond donors (Lipinski definition) is 2. The molecule has 0 bridgehead atoms. The zero-order valence-corrected chi connectivity index (χ0v) is 13.2. The first-order valence-corrected chi connectivity index (χ1v) is 7.40. The minimum atomic E-state index is -0.478. The summed E-state index contributed by atoms with van der Waals surface area (Å²) in [5.74, 6) is 0.144. The second-order valence-corrected chi connectivity index (χ2v) is 6.28. The summed E-state index contributed by atoms with van der Waals surface area (Å²) in [5, 5.41) is 7.07. The van der Waals surface area contributed by atoms with Gasteiger partial charge in [0.25, 0.3) is 0 Å². The summed E-state index contributed by atoms with van der Waals surface area (Å²) in [6.07, 6.45) is 2.40. The van der Waals surface area contributed by atoms with Crippen LogP contribution in [0.25, 0.3) is 5.65 Å². The highest BCUT2D eigenvalue weighted by atomic mass is 16.2. The lowest BCUT2D eigenvalue weighted by molar-refractivity contribution is -0.123. The lowest BCUT2D eigenvalue weighted by Crippen LogP contribution is -2.53. The molecule has 0 aliphatic carbocycles. The van der Waals surface area contributed by atoms with Gasteiger partial charge in [-0.2, -0.15) is 0 Å². The number of nitrogens with two attached hydrogens (primary N) is 1. The molecule has 1 atom stereocenters. The van der Waals surface area contributed by atoms with Crippen molar-refractivity contribution >= 4 is 11.6 Å². The van der Waals surface area contributed by atoms with E-state index in [1.165, 1.54) is 4.40 Å². The number of nitrogens with one attached hydrogen (secondary N) is 1. The van der Waals surface area contributed by atoms with E-state index in [2.05, 4.69) is 24.3 Å². The van der Waals surface area contributed by atoms with Crippen LogP contribution in [0.5, 0.6) is 0 Å². The van der Waals surface area contributed by atoms with Crippen molar-refractivity contribution in [2.45, 2.75) is 39.3 Å². The number of rotatable bonds is 6. The van der Waals surface area contributed by atoms with Crippen molar-refractivity contribution in [1.29, 1.82) is 0 Å². The van der Waals surface area contributed by atoms with Crippen LogP contribution in [0.15, 0.2) is 29.2 Å². The fourth-order valence-electron chi connectivity index (χ4n) is 2.67. The van der Waals surface area contributed by atoms with Crippen molar-refractivity contribution in [3.63, 3.8) is 0 Å². The third kappa shape index (κ3) is 3.54. The molecule has 1 amide bonds. The van der Waals surface area contributed by atoms with Gasteiger partial charge in [-0.05, 0) is 31.4 Å². The summed E-state index contributed by atoms with van der Waals surface area (Å²) >= 11 is 0. The van der Waals surface area contributed by atoms with Crippen molar-refractivity contribution in [3.05, 3.63) is 34.9 Å². The minimum absolute atomic E-state index is 0.117. The Morgan fingerprint density at radius 3 is 2.77 bits per heavy atom. The predicted molar refractivity (Wildman–Crippen MR) is 84.5 cm³/mol. The SMILES string of the molecule is CC(C)CC(C)(CN)NC(=O)Cn1nc2ccccn2c1=O. The van der Waals surface area contributed by atoms with Crippen molar-refractivity contribution in [2.24, 2.45) is 11.7 Å². The summed E-state index contributed by atoms with van der Waals surface area (Å²) < 4.78 is 2.57. The van der Waals surface area contributed by atoms with Crippen LogP contribution < -0.4 is 16.7 Å². The summed E-state index contributed by atoms with van der Waals surface area (Å²) in [6.45, 7) is 6.29. The number of pyridine rings is 1. The lowest BCUT2D eigenvalue weighted by atomic mass is 9.91. The fraction of sp³-hybridized carbons (Fsp3) is 0.533. The molecule has 0 saturated heterocycles. The van der Waals surface area contributed by atoms with Crippen molar-refractivity contribution in [2.75, 3.05) is 6.54 Å². The quantitative estimate of drug-likeness (QED) is 0.806. The Labute approximate surface area is 129 Å². The lowest BCUT2D eigenvalue weighted by Gasteiger charge is -2.31. The fourth-order valence-corrected chi connectivity index (χ4v) is 2.67. The molecule has 0 radical (unpaired) electrons. The number of carbonyl (C=O) groups excluding carboxylic acids is 1. The average molecular weight is 305 g/mol. The molecule has 7 nitrogen and oxygen atoms in total. The van der Waals surface area contributed by atoms with E-state index < -0.39 is 5.54 Å². The molecule has 2 aromatic rings. The summed E-state index contributed by atoms with van der Waals surface area (Å²) in [6, 6.07) is 5.26. The van der Waals surface area contributed by atoms with Gasteiger partial charge in [-0.1, -0.05) is 19.9 Å². The van der Waals surface area contributed by atoms with E-state index in [4.69, 9.17) is 5.73 Å². The molecule has 2 rings (SSSR count). The Kier molecular flexibility index (Phi) is 4.65. The predicted octanol–water partition coefficient (Wildman–Crippen LogP) is 0.376. The van der Waals surface area contributed by atoms with Crippen molar-refractivity contribution in [3.8, 4) is 0 Å². The number of carbonyl (C=O) groups is 1. The zero-order chi connectivity index (χ0) is 16.3. The molecule has 2 heterocycles.